The molecule has 90 heavy (non-hydrogen) atoms. The van der Waals surface area contributed by atoms with E-state index in [1.165, 1.54) is 6.08 Å². The second-order valence-electron chi connectivity index (χ2n) is 28.9. The molecule has 3 heterocycles. The fraction of sp³-hybridized carbons (Fsp3) is 0.758. The molecule has 0 spiro atoms. The first-order chi connectivity index (χ1) is 42.2. The Hall–Kier alpha value is -4.32. The highest BCUT2D eigenvalue weighted by atomic mass is 16.8. The predicted molar refractivity (Wildman–Crippen MR) is 316 cm³/mol. The number of carbonyl (C=O) groups is 4. The molecular weight excluding hydrogens is 1180 g/mol. The summed E-state index contributed by atoms with van der Waals surface area (Å²) < 4.78 is 55.6. The zero-order valence-corrected chi connectivity index (χ0v) is 53.3. The number of allylic oxidation sites excluding steroid dienone is 4. The normalized spacial score (nSPS) is 44.5. The highest BCUT2D eigenvalue weighted by Gasteiger charge is 2.76. The third-order valence-corrected chi connectivity index (χ3v) is 22.6. The molecule has 3 saturated heterocycles. The first-order valence-electron chi connectivity index (χ1n) is 31.6. The van der Waals surface area contributed by atoms with Crippen molar-refractivity contribution in [3.8, 4) is 0 Å². The Kier molecular flexibility index (Phi) is 20.6. The lowest BCUT2D eigenvalue weighted by atomic mass is 9.32. The molecule has 1 unspecified atom stereocenters. The van der Waals surface area contributed by atoms with Crippen molar-refractivity contribution < 1.29 is 118 Å². The van der Waals surface area contributed by atoms with E-state index >= 15 is 0 Å². The van der Waals surface area contributed by atoms with Crippen molar-refractivity contribution in [1.29, 1.82) is 0 Å². The third kappa shape index (κ3) is 12.1. The average Bonchev–Trinajstić information content (AvgIpc) is 0.719. The summed E-state index contributed by atoms with van der Waals surface area (Å²) in [4.78, 5) is 54.9. The highest BCUT2D eigenvalue weighted by molar-refractivity contribution is 5.89. The van der Waals surface area contributed by atoms with E-state index in [2.05, 4.69) is 26.0 Å². The van der Waals surface area contributed by atoms with Gasteiger partial charge in [-0.1, -0.05) is 95.5 Å². The van der Waals surface area contributed by atoms with Gasteiger partial charge in [0.2, 0.25) is 0 Å². The van der Waals surface area contributed by atoms with E-state index < -0.39 is 199 Å². The van der Waals surface area contributed by atoms with Crippen LogP contribution in [-0.2, 0) is 57.0 Å². The first kappa shape index (κ1) is 70.0. The Morgan fingerprint density at radius 3 is 1.86 bits per heavy atom. The Labute approximate surface area is 525 Å². The van der Waals surface area contributed by atoms with Crippen molar-refractivity contribution in [1.82, 2.24) is 0 Å². The van der Waals surface area contributed by atoms with Gasteiger partial charge in [-0.05, 0) is 118 Å². The van der Waals surface area contributed by atoms with Crippen LogP contribution in [0.2, 0.25) is 0 Å². The number of carboxylic acids is 1. The van der Waals surface area contributed by atoms with Gasteiger partial charge in [-0.2, -0.15) is 0 Å². The van der Waals surface area contributed by atoms with Gasteiger partial charge in [0.15, 0.2) is 43.3 Å². The summed E-state index contributed by atoms with van der Waals surface area (Å²) in [7, 11) is 0. The van der Waals surface area contributed by atoms with E-state index in [1.54, 1.807) is 30.3 Å². The van der Waals surface area contributed by atoms with Crippen molar-refractivity contribution in [2.24, 2.45) is 50.2 Å². The number of ether oxygens (including phenoxy) is 9. The molecule has 24 heteroatoms. The van der Waals surface area contributed by atoms with Gasteiger partial charge >= 0.3 is 23.9 Å². The number of fused-ring (bicyclic) bond motifs is 7. The second-order valence-corrected chi connectivity index (χ2v) is 28.9. The molecule has 1 aromatic carbocycles. The predicted octanol–water partition coefficient (Wildman–Crippen LogP) is 2.91. The average molecular weight is 1270 g/mol. The SMILES string of the molecule is CC(=O)O[C@@H]1[C@@H](O[C@@H]2O[C@H](CO)[C@@H](O)[C@H](O)[C@H]2O)[C@H](O[C@H]2CC[C@@]3(C)C(CC[C@]4(C)[C@@H]3CC=C3[C@@H]5CC(C)(C)[C@@H](OC(=O)/C=C(/C)CCC=C(C)C)[C@H](OC(=O)c6ccccc6)[C@]5(CO)[C@H](O)[C@H](O)[C@]34C)C2(C)C)O[C@H](C(=O)O)[C@H]1O[C@@H]1O[C@@H](CO)[C@H](O)[C@H]1O. The van der Waals surface area contributed by atoms with Crippen LogP contribution in [-0.4, -0.2) is 216 Å². The molecule has 8 aliphatic rings. The van der Waals surface area contributed by atoms with Gasteiger partial charge in [0.25, 0.3) is 0 Å². The largest absolute Gasteiger partial charge is 0.479 e. The van der Waals surface area contributed by atoms with E-state index in [0.717, 1.165) is 23.6 Å². The Morgan fingerprint density at radius 2 is 1.27 bits per heavy atom. The summed E-state index contributed by atoms with van der Waals surface area (Å²) in [5, 5.41) is 124. The molecule has 4 saturated carbocycles. The van der Waals surface area contributed by atoms with Crippen LogP contribution in [0.5, 0.6) is 0 Å². The van der Waals surface area contributed by atoms with Crippen LogP contribution in [0.25, 0.3) is 0 Å². The minimum atomic E-state index is -2.09. The van der Waals surface area contributed by atoms with E-state index in [-0.39, 0.29) is 23.8 Å². The maximum Gasteiger partial charge on any atom is 0.338 e. The molecule has 0 radical (unpaired) electrons. The van der Waals surface area contributed by atoms with Crippen LogP contribution in [0, 0.1) is 50.2 Å². The Morgan fingerprint density at radius 1 is 0.656 bits per heavy atom. The first-order valence-corrected chi connectivity index (χ1v) is 31.6. The molecule has 0 aromatic heterocycles. The molecule has 0 bridgehead atoms. The maximum atomic E-state index is 14.4. The van der Waals surface area contributed by atoms with E-state index in [9.17, 15) is 75.3 Å². The van der Waals surface area contributed by atoms with Gasteiger partial charge < -0.3 is 98.8 Å². The number of aliphatic hydroxyl groups is 10. The molecule has 9 rings (SSSR count). The van der Waals surface area contributed by atoms with Gasteiger partial charge in [-0.25, -0.2) is 14.4 Å². The lowest BCUT2D eigenvalue weighted by Crippen LogP contribution is -2.76. The molecular formula is C66H96O24. The number of benzene rings is 1. The minimum absolute atomic E-state index is 0.182. The third-order valence-electron chi connectivity index (χ3n) is 22.6. The number of rotatable bonds is 18. The summed E-state index contributed by atoms with van der Waals surface area (Å²) in [6.07, 6.45) is -22.8. The molecule has 5 aliphatic carbocycles. The fourth-order valence-corrected chi connectivity index (χ4v) is 17.7. The summed E-state index contributed by atoms with van der Waals surface area (Å²) in [6, 6.07) is 8.27. The summed E-state index contributed by atoms with van der Waals surface area (Å²) in [5.41, 5.74) is -3.12. The minimum Gasteiger partial charge on any atom is -0.479 e. The molecule has 3 aliphatic heterocycles. The van der Waals surface area contributed by atoms with Crippen LogP contribution in [0.4, 0.5) is 0 Å². The molecule has 0 amide bonds. The summed E-state index contributed by atoms with van der Waals surface area (Å²) >= 11 is 0. The smallest absolute Gasteiger partial charge is 0.338 e. The maximum absolute atomic E-state index is 14.4. The second kappa shape index (κ2) is 26.5. The quantitative estimate of drug-likeness (QED) is 0.0331. The molecule has 1 aromatic rings. The highest BCUT2D eigenvalue weighted by Crippen LogP contribution is 2.76. The number of hydrogen-bond acceptors (Lipinski definition) is 23. The number of esters is 3. The topological polar surface area (TPSA) is 374 Å². The number of aliphatic carboxylic acids is 1. The molecule has 11 N–H and O–H groups in total. The lowest BCUT2D eigenvalue weighted by Gasteiger charge is -2.73. The molecule has 504 valence electrons. The number of carbonyl (C=O) groups excluding carboxylic acids is 3. The van der Waals surface area contributed by atoms with E-state index in [4.69, 9.17) is 42.6 Å². The van der Waals surface area contributed by atoms with Crippen LogP contribution < -0.4 is 0 Å². The number of hydrogen-bond donors (Lipinski definition) is 11. The zero-order valence-electron chi connectivity index (χ0n) is 53.3. The van der Waals surface area contributed by atoms with Crippen molar-refractivity contribution in [3.63, 3.8) is 0 Å². The van der Waals surface area contributed by atoms with Gasteiger partial charge in [0.1, 0.15) is 54.9 Å². The van der Waals surface area contributed by atoms with Crippen LogP contribution in [0.3, 0.4) is 0 Å². The van der Waals surface area contributed by atoms with Crippen molar-refractivity contribution >= 4 is 23.9 Å². The number of aliphatic hydroxyl groups excluding tert-OH is 10. The van der Waals surface area contributed by atoms with Crippen LogP contribution >= 0.6 is 0 Å². The Balaban J connectivity index is 1.05. The molecule has 26 atom stereocenters. The zero-order chi connectivity index (χ0) is 66.1. The fourth-order valence-electron chi connectivity index (χ4n) is 17.7. The summed E-state index contributed by atoms with van der Waals surface area (Å²) in [5.74, 6) is -5.18. The van der Waals surface area contributed by atoms with Crippen molar-refractivity contribution in [2.45, 2.75) is 244 Å². The van der Waals surface area contributed by atoms with Gasteiger partial charge in [-0.3, -0.25) is 4.79 Å². The standard InChI is InChI=1S/C66H96O24/c1-31(2)16-15-17-32(3)26-42(71)86-54-55(90-57(81)34-18-13-12-14-19-34)66(30-69)36(27-61(54,5)6)35-20-21-40-63(9)24-23-41(62(7,8)39(63)22-25-64(40,10)65(35,11)52(77)53(66)78)85-60-51(89-59-47(76)45(74)43(72)37(28-67)83-59)49(82-33(4)70)48(50(88-60)56(79)80)87-58-46(75)44(73)38(29-68)84-58/h12-14,16,18-20,26,36-41,43-55,58-60,67-69,72-78H,15,17,21-25,27-30H2,1-11H3,(H,79,80)/b32-26-/t36-,37+,38-,39?,40+,41-,43+,44-,45-,46+,47+,48-,49-,50-,51+,52-,53+,54-,55-,58-,59-,60+,63-,64+,65-,66-/m0/s1. The lowest BCUT2D eigenvalue weighted by molar-refractivity contribution is -0.383. The van der Waals surface area contributed by atoms with Crippen LogP contribution in [0.15, 0.2) is 65.3 Å². The van der Waals surface area contributed by atoms with Crippen molar-refractivity contribution in [3.05, 3.63) is 70.8 Å². The van der Waals surface area contributed by atoms with Gasteiger partial charge in [0.05, 0.1) is 49.1 Å². The van der Waals surface area contributed by atoms with Crippen LogP contribution in [0.1, 0.15) is 138 Å². The number of carboxylic acid groups (broad SMARTS) is 1. The monoisotopic (exact) mass is 1270 g/mol. The van der Waals surface area contributed by atoms with Crippen molar-refractivity contribution in [2.75, 3.05) is 19.8 Å². The van der Waals surface area contributed by atoms with Gasteiger partial charge in [0, 0.05) is 23.8 Å². The van der Waals surface area contributed by atoms with E-state index in [0.29, 0.717) is 44.9 Å². The molecule has 24 nitrogen and oxygen atoms in total. The van der Waals surface area contributed by atoms with Gasteiger partial charge in [-0.15, -0.1) is 0 Å². The summed E-state index contributed by atoms with van der Waals surface area (Å²) in [6.45, 7) is 18.7. The van der Waals surface area contributed by atoms with E-state index in [1.807, 2.05) is 55.4 Å². The molecule has 7 fully saturated rings. The Bertz CT molecular complexity index is 2850.